The molecule has 0 bridgehead atoms. The summed E-state index contributed by atoms with van der Waals surface area (Å²) in [4.78, 5) is 27.1. The van der Waals surface area contributed by atoms with E-state index < -0.39 is 0 Å². The van der Waals surface area contributed by atoms with Crippen molar-refractivity contribution in [1.82, 2.24) is 9.80 Å². The van der Waals surface area contributed by atoms with Gasteiger partial charge in [0.25, 0.3) is 5.91 Å². The third-order valence-corrected chi connectivity index (χ3v) is 2.87. The first-order valence-electron chi connectivity index (χ1n) is 6.30. The molecule has 2 N–H and O–H groups in total. The van der Waals surface area contributed by atoms with Crippen molar-refractivity contribution in [3.05, 3.63) is 29.8 Å². The number of carbonyl (C=O) groups is 2. The van der Waals surface area contributed by atoms with E-state index in [4.69, 9.17) is 10.5 Å². The van der Waals surface area contributed by atoms with Crippen LogP contribution in [0, 0.1) is 0 Å². The van der Waals surface area contributed by atoms with Gasteiger partial charge in [0.05, 0.1) is 12.2 Å². The second-order valence-corrected chi connectivity index (χ2v) is 4.59. The molecule has 0 spiro atoms. The van der Waals surface area contributed by atoms with E-state index in [1.807, 2.05) is 0 Å². The maximum Gasteiger partial charge on any atom is 0.256 e. The van der Waals surface area contributed by atoms with Crippen LogP contribution in [0.1, 0.15) is 10.4 Å². The van der Waals surface area contributed by atoms with Gasteiger partial charge in [-0.2, -0.15) is 0 Å². The summed E-state index contributed by atoms with van der Waals surface area (Å²) >= 11 is 0. The fourth-order valence-corrected chi connectivity index (χ4v) is 1.62. The quantitative estimate of drug-likeness (QED) is 0.767. The lowest BCUT2D eigenvalue weighted by atomic mass is 10.1. The van der Waals surface area contributed by atoms with Crippen LogP contribution in [-0.4, -0.2) is 62.5 Å². The van der Waals surface area contributed by atoms with Gasteiger partial charge in [0.2, 0.25) is 5.91 Å². The molecule has 20 heavy (non-hydrogen) atoms. The summed E-state index contributed by atoms with van der Waals surface area (Å²) in [6, 6.07) is 6.82. The number of nitrogens with zero attached hydrogens (tertiary/aromatic N) is 2. The second kappa shape index (κ2) is 7.49. The summed E-state index contributed by atoms with van der Waals surface area (Å²) < 4.78 is 4.98. The highest BCUT2D eigenvalue weighted by Crippen LogP contribution is 2.13. The minimum Gasteiger partial charge on any atom is -0.398 e. The van der Waals surface area contributed by atoms with Gasteiger partial charge in [0.1, 0.15) is 6.54 Å². The van der Waals surface area contributed by atoms with Gasteiger partial charge >= 0.3 is 0 Å². The summed E-state index contributed by atoms with van der Waals surface area (Å²) in [5.41, 5.74) is 6.60. The van der Waals surface area contributed by atoms with Crippen molar-refractivity contribution in [2.45, 2.75) is 0 Å². The van der Waals surface area contributed by atoms with E-state index in [1.54, 1.807) is 45.5 Å². The second-order valence-electron chi connectivity index (χ2n) is 4.59. The van der Waals surface area contributed by atoms with Gasteiger partial charge in [0.15, 0.2) is 0 Å². The lowest BCUT2D eigenvalue weighted by Crippen LogP contribution is -2.42. The van der Waals surface area contributed by atoms with E-state index in [2.05, 4.69) is 0 Å². The average molecular weight is 279 g/mol. The molecule has 0 heterocycles. The zero-order chi connectivity index (χ0) is 15.1. The Labute approximate surface area is 119 Å². The molecule has 0 fully saturated rings. The largest absolute Gasteiger partial charge is 0.398 e. The van der Waals surface area contributed by atoms with Crippen molar-refractivity contribution in [2.24, 2.45) is 0 Å². The van der Waals surface area contributed by atoms with Crippen LogP contribution in [0.5, 0.6) is 0 Å². The number of nitrogens with two attached hydrogens (primary N) is 1. The number of carbonyl (C=O) groups excluding carboxylic acids is 2. The Balaban J connectivity index is 2.89. The Hall–Kier alpha value is -2.08. The van der Waals surface area contributed by atoms with Crippen LogP contribution in [0.2, 0.25) is 0 Å². The third kappa shape index (κ3) is 4.24. The minimum atomic E-state index is -0.268. The number of ether oxygens (including phenoxy) is 1. The van der Waals surface area contributed by atoms with Crippen LogP contribution in [0.3, 0.4) is 0 Å². The van der Waals surface area contributed by atoms with Crippen molar-refractivity contribution >= 4 is 17.5 Å². The number of likely N-dealkylation sites (N-methyl/N-ethyl adjacent to an activating group) is 1. The van der Waals surface area contributed by atoms with Crippen LogP contribution < -0.4 is 5.73 Å². The molecule has 1 aromatic rings. The number of para-hydroxylation sites is 1. The van der Waals surface area contributed by atoms with Gasteiger partial charge in [-0.15, -0.1) is 0 Å². The summed E-state index contributed by atoms with van der Waals surface area (Å²) in [5.74, 6) is -0.417. The van der Waals surface area contributed by atoms with E-state index in [1.165, 1.54) is 9.80 Å². The maximum atomic E-state index is 12.4. The van der Waals surface area contributed by atoms with Gasteiger partial charge in [0, 0.05) is 33.4 Å². The summed E-state index contributed by atoms with van der Waals surface area (Å²) in [6.45, 7) is 0.700. The standard InChI is InChI=1S/C14H21N3O3/c1-16(2)13(18)10-17(8-9-20-3)14(19)11-6-4-5-7-12(11)15/h4-7H,8-10,15H2,1-3H3. The van der Waals surface area contributed by atoms with Gasteiger partial charge in [-0.1, -0.05) is 12.1 Å². The molecule has 0 unspecified atom stereocenters. The number of anilines is 1. The number of methoxy groups -OCH3 is 1. The van der Waals surface area contributed by atoms with Gasteiger partial charge in [-0.25, -0.2) is 0 Å². The summed E-state index contributed by atoms with van der Waals surface area (Å²) in [5, 5.41) is 0. The monoisotopic (exact) mass is 279 g/mol. The van der Waals surface area contributed by atoms with Crippen molar-refractivity contribution in [2.75, 3.05) is 46.6 Å². The average Bonchev–Trinajstić information content (AvgIpc) is 2.42. The zero-order valence-corrected chi connectivity index (χ0v) is 12.1. The molecule has 0 aromatic heterocycles. The molecule has 0 atom stereocenters. The molecule has 0 aliphatic carbocycles. The number of hydrogen-bond acceptors (Lipinski definition) is 4. The predicted molar refractivity (Wildman–Crippen MR) is 77.3 cm³/mol. The number of amides is 2. The Bertz CT molecular complexity index is 474. The Morgan fingerprint density at radius 1 is 1.25 bits per heavy atom. The molecular weight excluding hydrogens is 258 g/mol. The molecule has 0 aliphatic rings. The maximum absolute atomic E-state index is 12.4. The van der Waals surface area contributed by atoms with Crippen LogP contribution in [0.25, 0.3) is 0 Å². The fourth-order valence-electron chi connectivity index (χ4n) is 1.62. The molecule has 1 aromatic carbocycles. The first-order chi connectivity index (χ1) is 9.47. The molecule has 1 rings (SSSR count). The number of hydrogen-bond donors (Lipinski definition) is 1. The van der Waals surface area contributed by atoms with Crippen molar-refractivity contribution in [3.8, 4) is 0 Å². The number of benzene rings is 1. The van der Waals surface area contributed by atoms with Crippen molar-refractivity contribution in [3.63, 3.8) is 0 Å². The Kier molecular flexibility index (Phi) is 5.99. The first kappa shape index (κ1) is 16.0. The molecule has 0 aliphatic heterocycles. The van der Waals surface area contributed by atoms with Gasteiger partial charge < -0.3 is 20.3 Å². The highest BCUT2D eigenvalue weighted by molar-refractivity contribution is 6.00. The molecule has 0 saturated heterocycles. The Morgan fingerprint density at radius 2 is 1.90 bits per heavy atom. The number of nitrogen functional groups attached to an aromatic ring is 1. The summed E-state index contributed by atoms with van der Waals surface area (Å²) in [7, 11) is 4.85. The normalized spacial score (nSPS) is 10.2. The number of rotatable bonds is 6. The molecule has 2 amide bonds. The molecule has 6 heteroatoms. The van der Waals surface area contributed by atoms with Crippen molar-refractivity contribution < 1.29 is 14.3 Å². The van der Waals surface area contributed by atoms with Crippen LogP contribution >= 0.6 is 0 Å². The molecule has 0 radical (unpaired) electrons. The molecule has 6 nitrogen and oxygen atoms in total. The van der Waals surface area contributed by atoms with E-state index >= 15 is 0 Å². The minimum absolute atomic E-state index is 0.00350. The summed E-state index contributed by atoms with van der Waals surface area (Å²) in [6.07, 6.45) is 0. The SMILES string of the molecule is COCCN(CC(=O)N(C)C)C(=O)c1ccccc1N. The van der Waals surface area contributed by atoms with E-state index in [9.17, 15) is 9.59 Å². The van der Waals surface area contributed by atoms with E-state index in [0.717, 1.165) is 0 Å². The highest BCUT2D eigenvalue weighted by Gasteiger charge is 2.20. The van der Waals surface area contributed by atoms with Gasteiger partial charge in [-0.3, -0.25) is 9.59 Å². The lowest BCUT2D eigenvalue weighted by molar-refractivity contribution is -0.129. The van der Waals surface area contributed by atoms with Crippen LogP contribution in [0.15, 0.2) is 24.3 Å². The van der Waals surface area contributed by atoms with E-state index in [-0.39, 0.29) is 18.4 Å². The molecule has 0 saturated carbocycles. The smallest absolute Gasteiger partial charge is 0.256 e. The molecular formula is C14H21N3O3. The van der Waals surface area contributed by atoms with Gasteiger partial charge in [-0.05, 0) is 12.1 Å². The molecule has 110 valence electrons. The van der Waals surface area contributed by atoms with E-state index in [0.29, 0.717) is 24.4 Å². The zero-order valence-electron chi connectivity index (χ0n) is 12.1. The topological polar surface area (TPSA) is 75.9 Å². The predicted octanol–water partition coefficient (Wildman–Crippen LogP) is 0.446. The highest BCUT2D eigenvalue weighted by atomic mass is 16.5. The lowest BCUT2D eigenvalue weighted by Gasteiger charge is -2.24. The Morgan fingerprint density at radius 3 is 2.45 bits per heavy atom. The van der Waals surface area contributed by atoms with Crippen LogP contribution in [-0.2, 0) is 9.53 Å². The fraction of sp³-hybridized carbons (Fsp3) is 0.429. The van der Waals surface area contributed by atoms with Crippen LogP contribution in [0.4, 0.5) is 5.69 Å². The third-order valence-electron chi connectivity index (χ3n) is 2.87. The van der Waals surface area contributed by atoms with Crippen molar-refractivity contribution in [1.29, 1.82) is 0 Å². The first-order valence-corrected chi connectivity index (χ1v) is 6.30.